The maximum absolute atomic E-state index is 12.7. The maximum Gasteiger partial charge on any atom is 0.319 e. The minimum absolute atomic E-state index is 0.0629. The number of urea groups is 1. The Morgan fingerprint density at radius 3 is 2.52 bits per heavy atom. The average Bonchev–Trinajstić information content (AvgIpc) is 2.61. The largest absolute Gasteiger partial charge is 0.393 e. The molecule has 6 nitrogen and oxygen atoms in total. The molecule has 1 heterocycles. The lowest BCUT2D eigenvalue weighted by atomic mass is 9.98. The van der Waals surface area contributed by atoms with Gasteiger partial charge in [0.1, 0.15) is 0 Å². The summed E-state index contributed by atoms with van der Waals surface area (Å²) in [6, 6.07) is 5.12. The number of aryl methyl sites for hydroxylation is 1. The zero-order valence-corrected chi connectivity index (χ0v) is 16.9. The number of aliphatic hydroxyl groups is 1. The molecule has 1 aromatic rings. The van der Waals surface area contributed by atoms with Gasteiger partial charge in [0.2, 0.25) is 0 Å². The Kier molecular flexibility index (Phi) is 7.66. The molecule has 0 aliphatic carbocycles. The lowest BCUT2D eigenvalue weighted by Gasteiger charge is -2.30. The van der Waals surface area contributed by atoms with E-state index in [1.807, 2.05) is 24.8 Å². The number of aliphatic hydroxyl groups excluding tert-OH is 1. The average molecular weight is 376 g/mol. The highest BCUT2D eigenvalue weighted by atomic mass is 16.3. The predicted molar refractivity (Wildman–Crippen MR) is 108 cm³/mol. The lowest BCUT2D eigenvalue weighted by molar-refractivity contribution is 0.0697. The number of nitrogens with one attached hydrogen (secondary N) is 2. The van der Waals surface area contributed by atoms with E-state index in [0.717, 1.165) is 31.5 Å². The number of carbonyl (C=O) groups excluding carboxylic acids is 2. The predicted octanol–water partition coefficient (Wildman–Crippen LogP) is 3.40. The summed E-state index contributed by atoms with van der Waals surface area (Å²) in [5, 5.41) is 15.0. The van der Waals surface area contributed by atoms with E-state index >= 15 is 0 Å². The van der Waals surface area contributed by atoms with Crippen molar-refractivity contribution in [2.24, 2.45) is 11.8 Å². The van der Waals surface area contributed by atoms with Gasteiger partial charge in [0.25, 0.3) is 5.91 Å². The van der Waals surface area contributed by atoms with Crippen LogP contribution in [0, 0.1) is 18.8 Å². The van der Waals surface area contributed by atoms with Crippen LogP contribution >= 0.6 is 0 Å². The Labute approximate surface area is 162 Å². The van der Waals surface area contributed by atoms with Gasteiger partial charge in [0.05, 0.1) is 6.10 Å². The number of nitrogens with zero attached hydrogens (tertiary/aromatic N) is 1. The monoisotopic (exact) mass is 375 g/mol. The Balaban J connectivity index is 1.90. The summed E-state index contributed by atoms with van der Waals surface area (Å²) >= 11 is 0. The zero-order chi connectivity index (χ0) is 20.0. The van der Waals surface area contributed by atoms with Crippen molar-refractivity contribution < 1.29 is 14.7 Å². The number of hydrogen-bond acceptors (Lipinski definition) is 3. The number of likely N-dealkylation sites (tertiary alicyclic amines) is 1. The topological polar surface area (TPSA) is 81.7 Å². The minimum atomic E-state index is -0.375. The van der Waals surface area contributed by atoms with Gasteiger partial charge >= 0.3 is 6.03 Å². The van der Waals surface area contributed by atoms with Gasteiger partial charge in [-0.15, -0.1) is 0 Å². The molecule has 1 aromatic carbocycles. The van der Waals surface area contributed by atoms with Crippen LogP contribution in [0.3, 0.4) is 0 Å². The van der Waals surface area contributed by atoms with Crippen molar-refractivity contribution in [1.82, 2.24) is 10.2 Å². The van der Waals surface area contributed by atoms with Crippen molar-refractivity contribution >= 4 is 17.6 Å². The van der Waals surface area contributed by atoms with Crippen LogP contribution in [0.2, 0.25) is 0 Å². The van der Waals surface area contributed by atoms with Crippen LogP contribution in [0.5, 0.6) is 0 Å². The molecule has 0 aromatic heterocycles. The van der Waals surface area contributed by atoms with Crippen molar-refractivity contribution in [1.29, 1.82) is 0 Å². The molecule has 0 bridgehead atoms. The number of rotatable bonds is 6. The summed E-state index contributed by atoms with van der Waals surface area (Å²) < 4.78 is 0. The highest BCUT2D eigenvalue weighted by Crippen LogP contribution is 2.21. The standard InChI is InChI=1S/C21H33N3O3/c1-14-7-9-24(10-8-14)20(26)18-5-6-19(16(3)12-18)23-21(27)22-13-15(2)11-17(4)25/h5-6,12,14-15,17,25H,7-11,13H2,1-4H3,(H2,22,23,27). The molecule has 2 rings (SSSR count). The van der Waals surface area contributed by atoms with Gasteiger partial charge < -0.3 is 20.6 Å². The fourth-order valence-corrected chi connectivity index (χ4v) is 3.43. The Morgan fingerprint density at radius 2 is 1.93 bits per heavy atom. The van der Waals surface area contributed by atoms with Crippen molar-refractivity contribution in [3.05, 3.63) is 29.3 Å². The second kappa shape index (κ2) is 9.74. The molecule has 150 valence electrons. The van der Waals surface area contributed by atoms with E-state index in [1.165, 1.54) is 0 Å². The zero-order valence-electron chi connectivity index (χ0n) is 16.9. The molecule has 1 saturated heterocycles. The van der Waals surface area contributed by atoms with Crippen LogP contribution in [0.25, 0.3) is 0 Å². The van der Waals surface area contributed by atoms with Crippen LogP contribution in [-0.4, -0.2) is 47.7 Å². The van der Waals surface area contributed by atoms with E-state index in [0.29, 0.717) is 30.1 Å². The molecule has 3 N–H and O–H groups in total. The van der Waals surface area contributed by atoms with Gasteiger partial charge in [-0.05, 0) is 68.7 Å². The molecule has 0 saturated carbocycles. The van der Waals surface area contributed by atoms with Gasteiger partial charge in [0.15, 0.2) is 0 Å². The molecule has 1 fully saturated rings. The molecule has 6 heteroatoms. The smallest absolute Gasteiger partial charge is 0.319 e. The number of piperidine rings is 1. The molecule has 0 spiro atoms. The van der Waals surface area contributed by atoms with Crippen LogP contribution < -0.4 is 10.6 Å². The first kappa shape index (κ1) is 21.2. The second-order valence-electron chi connectivity index (χ2n) is 8.03. The number of amides is 3. The fraction of sp³-hybridized carbons (Fsp3) is 0.619. The summed E-state index contributed by atoms with van der Waals surface area (Å²) in [5.74, 6) is 0.946. The van der Waals surface area contributed by atoms with E-state index < -0.39 is 0 Å². The first-order valence-electron chi connectivity index (χ1n) is 9.89. The number of carbonyl (C=O) groups is 2. The second-order valence-corrected chi connectivity index (χ2v) is 8.03. The van der Waals surface area contributed by atoms with E-state index in [-0.39, 0.29) is 24.0 Å². The van der Waals surface area contributed by atoms with Crippen molar-refractivity contribution in [2.75, 3.05) is 25.0 Å². The van der Waals surface area contributed by atoms with Crippen LogP contribution in [0.1, 0.15) is 56.0 Å². The Hall–Kier alpha value is -2.08. The van der Waals surface area contributed by atoms with E-state index in [9.17, 15) is 14.7 Å². The molecule has 1 aliphatic rings. The summed E-state index contributed by atoms with van der Waals surface area (Å²) in [5.41, 5.74) is 2.22. The van der Waals surface area contributed by atoms with Crippen molar-refractivity contribution in [3.8, 4) is 0 Å². The van der Waals surface area contributed by atoms with Gasteiger partial charge in [-0.3, -0.25) is 4.79 Å². The third kappa shape index (κ3) is 6.54. The molecule has 2 atom stereocenters. The molecule has 3 amide bonds. The Bertz CT molecular complexity index is 652. The Morgan fingerprint density at radius 1 is 1.26 bits per heavy atom. The summed E-state index contributed by atoms with van der Waals surface area (Å²) in [7, 11) is 0. The molecular weight excluding hydrogens is 342 g/mol. The van der Waals surface area contributed by atoms with Crippen molar-refractivity contribution in [3.63, 3.8) is 0 Å². The van der Waals surface area contributed by atoms with Gasteiger partial charge in [0, 0.05) is 30.9 Å². The number of anilines is 1. The molecule has 0 radical (unpaired) electrons. The number of benzene rings is 1. The molecule has 2 unspecified atom stereocenters. The highest BCUT2D eigenvalue weighted by Gasteiger charge is 2.21. The van der Waals surface area contributed by atoms with E-state index in [2.05, 4.69) is 17.6 Å². The van der Waals surface area contributed by atoms with Crippen LogP contribution in [0.4, 0.5) is 10.5 Å². The van der Waals surface area contributed by atoms with Crippen molar-refractivity contribution in [2.45, 2.75) is 53.1 Å². The highest BCUT2D eigenvalue weighted by molar-refractivity contribution is 5.96. The quantitative estimate of drug-likeness (QED) is 0.713. The summed E-state index contributed by atoms with van der Waals surface area (Å²) in [6.45, 7) is 9.97. The van der Waals surface area contributed by atoms with Crippen LogP contribution in [0.15, 0.2) is 18.2 Å². The fourth-order valence-electron chi connectivity index (χ4n) is 3.43. The summed E-state index contributed by atoms with van der Waals surface area (Å²) in [6.07, 6.45) is 2.38. The third-order valence-corrected chi connectivity index (χ3v) is 5.15. The molecule has 27 heavy (non-hydrogen) atoms. The minimum Gasteiger partial charge on any atom is -0.393 e. The third-order valence-electron chi connectivity index (χ3n) is 5.15. The van der Waals surface area contributed by atoms with Gasteiger partial charge in [-0.2, -0.15) is 0 Å². The van der Waals surface area contributed by atoms with E-state index in [1.54, 1.807) is 19.1 Å². The van der Waals surface area contributed by atoms with Crippen LogP contribution in [-0.2, 0) is 0 Å². The first-order valence-corrected chi connectivity index (χ1v) is 9.89. The molecular formula is C21H33N3O3. The summed E-state index contributed by atoms with van der Waals surface area (Å²) in [4.78, 5) is 26.7. The van der Waals surface area contributed by atoms with Gasteiger partial charge in [-0.1, -0.05) is 13.8 Å². The lowest BCUT2D eigenvalue weighted by Crippen LogP contribution is -2.38. The maximum atomic E-state index is 12.7. The number of hydrogen-bond donors (Lipinski definition) is 3. The first-order chi connectivity index (χ1) is 12.8. The molecule has 1 aliphatic heterocycles. The van der Waals surface area contributed by atoms with Gasteiger partial charge in [-0.25, -0.2) is 4.79 Å². The normalized spacial score (nSPS) is 17.3. The SMILES string of the molecule is Cc1cc(C(=O)N2CCC(C)CC2)ccc1NC(=O)NCC(C)CC(C)O. The van der Waals surface area contributed by atoms with E-state index in [4.69, 9.17) is 0 Å².